The van der Waals surface area contributed by atoms with Crippen LogP contribution in [0.3, 0.4) is 0 Å². The van der Waals surface area contributed by atoms with Crippen molar-refractivity contribution < 1.29 is 14.3 Å². The summed E-state index contributed by atoms with van der Waals surface area (Å²) in [6.07, 6.45) is 0. The number of nitrogens with one attached hydrogen (secondary N) is 1. The van der Waals surface area contributed by atoms with Gasteiger partial charge >= 0.3 is 5.97 Å². The summed E-state index contributed by atoms with van der Waals surface area (Å²) >= 11 is 0. The van der Waals surface area contributed by atoms with Gasteiger partial charge < -0.3 is 14.8 Å². The van der Waals surface area contributed by atoms with Crippen LogP contribution in [0.15, 0.2) is 28.7 Å². The average molecular weight is 259 g/mol. The Hall–Kier alpha value is -2.23. The highest BCUT2D eigenvalue weighted by Gasteiger charge is 2.13. The Morgan fingerprint density at radius 2 is 1.79 bits per heavy atom. The molecular formula is C15H17NO3. The summed E-state index contributed by atoms with van der Waals surface area (Å²) in [7, 11) is 0. The molecule has 1 aromatic heterocycles. The molecule has 0 spiro atoms. The van der Waals surface area contributed by atoms with Crippen LogP contribution in [0.4, 0.5) is 5.69 Å². The minimum Gasteiger partial charge on any atom is -0.475 e. The second-order valence-electron chi connectivity index (χ2n) is 4.76. The van der Waals surface area contributed by atoms with Crippen LogP contribution in [0.1, 0.15) is 33.0 Å². The molecule has 19 heavy (non-hydrogen) atoms. The molecule has 0 saturated heterocycles. The van der Waals surface area contributed by atoms with E-state index in [-0.39, 0.29) is 5.76 Å². The number of hydrogen-bond acceptors (Lipinski definition) is 3. The number of hydrogen-bond donors (Lipinski definition) is 2. The van der Waals surface area contributed by atoms with E-state index >= 15 is 0 Å². The Bertz CT molecular complexity index is 594. The van der Waals surface area contributed by atoms with Crippen LogP contribution >= 0.6 is 0 Å². The van der Waals surface area contributed by atoms with Gasteiger partial charge in [-0.25, -0.2) is 4.79 Å². The first-order valence-corrected chi connectivity index (χ1v) is 6.10. The van der Waals surface area contributed by atoms with Crippen LogP contribution in [0.25, 0.3) is 0 Å². The molecule has 0 aliphatic heterocycles. The zero-order valence-corrected chi connectivity index (χ0v) is 11.3. The first-order chi connectivity index (χ1) is 8.95. The average Bonchev–Trinajstić information content (AvgIpc) is 2.67. The van der Waals surface area contributed by atoms with E-state index in [9.17, 15) is 4.79 Å². The van der Waals surface area contributed by atoms with Gasteiger partial charge in [-0.1, -0.05) is 6.07 Å². The molecule has 0 saturated carbocycles. The number of carboxylic acids is 1. The van der Waals surface area contributed by atoms with E-state index in [1.165, 1.54) is 11.1 Å². The van der Waals surface area contributed by atoms with Gasteiger partial charge in [-0.05, 0) is 50.1 Å². The van der Waals surface area contributed by atoms with Crippen LogP contribution in [0, 0.1) is 20.8 Å². The fraction of sp³-hybridized carbons (Fsp3) is 0.267. The number of anilines is 1. The zero-order chi connectivity index (χ0) is 14.0. The smallest absolute Gasteiger partial charge is 0.372 e. The van der Waals surface area contributed by atoms with Crippen molar-refractivity contribution >= 4 is 11.7 Å². The predicted octanol–water partition coefficient (Wildman–Crippen LogP) is 3.52. The molecule has 4 nitrogen and oxygen atoms in total. The number of carboxylic acid groups (broad SMARTS) is 1. The molecule has 0 atom stereocenters. The summed E-state index contributed by atoms with van der Waals surface area (Å²) in [5, 5.41) is 12.2. The summed E-state index contributed by atoms with van der Waals surface area (Å²) in [5.74, 6) is -0.401. The van der Waals surface area contributed by atoms with Crippen molar-refractivity contribution in [2.24, 2.45) is 0 Å². The van der Waals surface area contributed by atoms with Gasteiger partial charge in [-0.3, -0.25) is 0 Å². The molecule has 2 N–H and O–H groups in total. The predicted molar refractivity (Wildman–Crippen MR) is 73.6 cm³/mol. The SMILES string of the molecule is Cc1cc(C)cc(NCc2cc(C)c(C(=O)O)o2)c1. The van der Waals surface area contributed by atoms with Gasteiger partial charge in [0.25, 0.3) is 0 Å². The summed E-state index contributed by atoms with van der Waals surface area (Å²) in [6, 6.07) is 7.94. The lowest BCUT2D eigenvalue weighted by Gasteiger charge is -2.07. The summed E-state index contributed by atoms with van der Waals surface area (Å²) in [6.45, 7) is 6.28. The fourth-order valence-corrected chi connectivity index (χ4v) is 2.11. The van der Waals surface area contributed by atoms with Gasteiger partial charge in [0.2, 0.25) is 5.76 Å². The third-order valence-corrected chi connectivity index (χ3v) is 2.85. The number of carbonyl (C=O) groups is 1. The minimum atomic E-state index is -1.03. The molecule has 4 heteroatoms. The van der Waals surface area contributed by atoms with Crippen molar-refractivity contribution in [3.63, 3.8) is 0 Å². The van der Waals surface area contributed by atoms with Crippen molar-refractivity contribution in [2.45, 2.75) is 27.3 Å². The maximum atomic E-state index is 10.9. The Labute approximate surface area is 112 Å². The molecule has 1 aromatic carbocycles. The second kappa shape index (κ2) is 5.18. The molecule has 0 aliphatic rings. The zero-order valence-electron chi connectivity index (χ0n) is 11.3. The van der Waals surface area contributed by atoms with Gasteiger partial charge in [0.15, 0.2) is 0 Å². The molecule has 2 aromatic rings. The maximum Gasteiger partial charge on any atom is 0.372 e. The molecule has 0 radical (unpaired) electrons. The number of furan rings is 1. The molecule has 0 fully saturated rings. The monoisotopic (exact) mass is 259 g/mol. The van der Waals surface area contributed by atoms with Crippen molar-refractivity contribution in [1.82, 2.24) is 0 Å². The molecule has 0 bridgehead atoms. The first kappa shape index (κ1) is 13.2. The van der Waals surface area contributed by atoms with Crippen molar-refractivity contribution in [3.8, 4) is 0 Å². The number of benzene rings is 1. The van der Waals surface area contributed by atoms with Gasteiger partial charge in [-0.2, -0.15) is 0 Å². The Kier molecular flexibility index (Phi) is 3.60. The molecule has 2 rings (SSSR count). The maximum absolute atomic E-state index is 10.9. The van der Waals surface area contributed by atoms with E-state index in [0.29, 0.717) is 17.9 Å². The van der Waals surface area contributed by atoms with E-state index in [0.717, 1.165) is 5.69 Å². The van der Waals surface area contributed by atoms with Gasteiger partial charge in [0, 0.05) is 11.3 Å². The molecule has 0 unspecified atom stereocenters. The van der Waals surface area contributed by atoms with Crippen molar-refractivity contribution in [1.29, 1.82) is 0 Å². The van der Waals surface area contributed by atoms with Crippen LogP contribution in [0.5, 0.6) is 0 Å². The second-order valence-corrected chi connectivity index (χ2v) is 4.76. The molecule has 0 aliphatic carbocycles. The van der Waals surface area contributed by atoms with Crippen LogP contribution < -0.4 is 5.32 Å². The number of aryl methyl sites for hydroxylation is 3. The first-order valence-electron chi connectivity index (χ1n) is 6.10. The lowest BCUT2D eigenvalue weighted by molar-refractivity contribution is 0.0659. The van der Waals surface area contributed by atoms with Crippen LogP contribution in [-0.2, 0) is 6.54 Å². The van der Waals surface area contributed by atoms with Crippen molar-refractivity contribution in [3.05, 3.63) is 52.5 Å². The largest absolute Gasteiger partial charge is 0.475 e. The van der Waals surface area contributed by atoms with Gasteiger partial charge in [-0.15, -0.1) is 0 Å². The van der Waals surface area contributed by atoms with Crippen LogP contribution in [0.2, 0.25) is 0 Å². The molecular weight excluding hydrogens is 242 g/mol. The third-order valence-electron chi connectivity index (χ3n) is 2.85. The van der Waals surface area contributed by atoms with E-state index in [1.807, 2.05) is 26.0 Å². The molecule has 1 heterocycles. The number of aromatic carboxylic acids is 1. The van der Waals surface area contributed by atoms with Crippen LogP contribution in [-0.4, -0.2) is 11.1 Å². The fourth-order valence-electron chi connectivity index (χ4n) is 2.11. The Morgan fingerprint density at radius 3 is 2.32 bits per heavy atom. The standard InChI is InChI=1S/C15H17NO3/c1-9-4-10(2)6-12(5-9)16-8-13-7-11(3)14(19-13)15(17)18/h4-7,16H,8H2,1-3H3,(H,17,18). The highest BCUT2D eigenvalue weighted by atomic mass is 16.4. The van der Waals surface area contributed by atoms with E-state index in [1.54, 1.807) is 13.0 Å². The topological polar surface area (TPSA) is 62.5 Å². The van der Waals surface area contributed by atoms with Gasteiger partial charge in [0.05, 0.1) is 6.54 Å². The van der Waals surface area contributed by atoms with E-state index in [4.69, 9.17) is 9.52 Å². The van der Waals surface area contributed by atoms with E-state index in [2.05, 4.69) is 11.4 Å². The highest BCUT2D eigenvalue weighted by molar-refractivity contribution is 5.86. The number of rotatable bonds is 4. The Balaban J connectivity index is 2.10. The van der Waals surface area contributed by atoms with Gasteiger partial charge in [0.1, 0.15) is 5.76 Å². The summed E-state index contributed by atoms with van der Waals surface area (Å²) in [4.78, 5) is 10.9. The van der Waals surface area contributed by atoms with Crippen molar-refractivity contribution in [2.75, 3.05) is 5.32 Å². The lowest BCUT2D eigenvalue weighted by atomic mass is 10.1. The summed E-state index contributed by atoms with van der Waals surface area (Å²) < 4.78 is 5.30. The highest BCUT2D eigenvalue weighted by Crippen LogP contribution is 2.18. The summed E-state index contributed by atoms with van der Waals surface area (Å²) in [5.41, 5.74) is 4.02. The van der Waals surface area contributed by atoms with E-state index < -0.39 is 5.97 Å². The lowest BCUT2D eigenvalue weighted by Crippen LogP contribution is -1.99. The Morgan fingerprint density at radius 1 is 1.16 bits per heavy atom. The minimum absolute atomic E-state index is 0.0113. The molecule has 100 valence electrons. The normalized spacial score (nSPS) is 10.5. The third kappa shape index (κ3) is 3.16. The molecule has 0 amide bonds. The quantitative estimate of drug-likeness (QED) is 0.881.